The number of pyridine rings is 2. The number of carbonyl (C=O) groups is 1. The van der Waals surface area contributed by atoms with Crippen LogP contribution in [0.2, 0.25) is 0 Å². The number of aromatic nitrogens is 2. The summed E-state index contributed by atoms with van der Waals surface area (Å²) in [6.45, 7) is 1.53. The molecule has 0 bridgehead atoms. The Bertz CT molecular complexity index is 1130. The van der Waals surface area contributed by atoms with E-state index >= 15 is 0 Å². The molecule has 0 saturated heterocycles. The molecule has 8 heteroatoms. The fourth-order valence-corrected chi connectivity index (χ4v) is 3.61. The molecule has 0 spiro atoms. The van der Waals surface area contributed by atoms with Gasteiger partial charge in [0.25, 0.3) is 0 Å². The second-order valence-corrected chi connectivity index (χ2v) is 7.54. The van der Waals surface area contributed by atoms with E-state index in [9.17, 15) is 22.7 Å². The van der Waals surface area contributed by atoms with Gasteiger partial charge in [0.15, 0.2) is 9.84 Å². The van der Waals surface area contributed by atoms with Crippen molar-refractivity contribution in [2.45, 2.75) is 11.8 Å². The van der Waals surface area contributed by atoms with Crippen molar-refractivity contribution in [3.05, 3.63) is 53.5 Å². The molecule has 128 valence electrons. The number of carboxylic acid groups (broad SMARTS) is 1. The summed E-state index contributed by atoms with van der Waals surface area (Å²) in [7, 11) is -3.62. The number of rotatable bonds is 3. The van der Waals surface area contributed by atoms with Crippen LogP contribution in [-0.2, 0) is 9.84 Å². The van der Waals surface area contributed by atoms with Crippen LogP contribution in [0.15, 0.2) is 41.4 Å². The van der Waals surface area contributed by atoms with Gasteiger partial charge in [0.2, 0.25) is 0 Å². The van der Waals surface area contributed by atoms with Crippen LogP contribution < -0.4 is 0 Å². The van der Waals surface area contributed by atoms with Crippen LogP contribution in [0.1, 0.15) is 15.9 Å². The summed E-state index contributed by atoms with van der Waals surface area (Å²) in [6.07, 6.45) is 2.01. The molecule has 0 fully saturated rings. The van der Waals surface area contributed by atoms with E-state index in [4.69, 9.17) is 0 Å². The summed E-state index contributed by atoms with van der Waals surface area (Å²) in [5.41, 5.74) is 0.640. The van der Waals surface area contributed by atoms with Gasteiger partial charge in [-0.1, -0.05) is 18.2 Å². The van der Waals surface area contributed by atoms with E-state index < -0.39 is 21.6 Å². The minimum Gasteiger partial charge on any atom is -0.478 e. The predicted molar refractivity (Wildman–Crippen MR) is 89.7 cm³/mol. The Balaban J connectivity index is 2.49. The van der Waals surface area contributed by atoms with Crippen molar-refractivity contribution < 1.29 is 22.7 Å². The molecule has 0 aliphatic heterocycles. The highest BCUT2D eigenvalue weighted by Gasteiger charge is 2.24. The standard InChI is InChI=1S/C17H13FN2O4S/c1-9-14(17(21)22)16(20-12-7-10(18)8-19-15(9)12)11-5-3-4-6-13(11)25(2,23)24/h3-8H,1-2H3,(H,21,22). The Hall–Kier alpha value is -2.87. The van der Waals surface area contributed by atoms with Crippen molar-refractivity contribution in [1.82, 2.24) is 9.97 Å². The largest absolute Gasteiger partial charge is 0.478 e. The maximum absolute atomic E-state index is 13.5. The Morgan fingerprint density at radius 1 is 1.24 bits per heavy atom. The third-order valence-electron chi connectivity index (χ3n) is 3.79. The molecule has 3 aromatic rings. The quantitative estimate of drug-likeness (QED) is 0.771. The summed E-state index contributed by atoms with van der Waals surface area (Å²) < 4.78 is 37.6. The van der Waals surface area contributed by atoms with Crippen molar-refractivity contribution in [3.8, 4) is 11.3 Å². The van der Waals surface area contributed by atoms with Gasteiger partial charge in [-0.2, -0.15) is 0 Å². The van der Waals surface area contributed by atoms with Gasteiger partial charge < -0.3 is 5.11 Å². The second kappa shape index (κ2) is 5.89. The number of aromatic carboxylic acids is 1. The predicted octanol–water partition coefficient (Wildman–Crippen LogP) is 2.85. The van der Waals surface area contributed by atoms with Crippen LogP contribution in [0.4, 0.5) is 4.39 Å². The van der Waals surface area contributed by atoms with Crippen molar-refractivity contribution in [1.29, 1.82) is 0 Å². The van der Waals surface area contributed by atoms with Gasteiger partial charge in [0.05, 0.1) is 33.4 Å². The topological polar surface area (TPSA) is 97.2 Å². The number of hydrogen-bond donors (Lipinski definition) is 1. The number of fused-ring (bicyclic) bond motifs is 1. The molecule has 0 radical (unpaired) electrons. The molecule has 1 aromatic carbocycles. The average Bonchev–Trinajstić information content (AvgIpc) is 2.53. The van der Waals surface area contributed by atoms with Crippen molar-refractivity contribution in [2.75, 3.05) is 6.26 Å². The van der Waals surface area contributed by atoms with Crippen LogP contribution in [-0.4, -0.2) is 35.7 Å². The van der Waals surface area contributed by atoms with Gasteiger partial charge in [-0.15, -0.1) is 0 Å². The fraction of sp³-hybridized carbons (Fsp3) is 0.118. The van der Waals surface area contributed by atoms with Crippen LogP contribution in [0.5, 0.6) is 0 Å². The molecule has 0 atom stereocenters. The molecule has 0 aliphatic rings. The highest BCUT2D eigenvalue weighted by atomic mass is 32.2. The first-order valence-electron chi connectivity index (χ1n) is 7.18. The minimum absolute atomic E-state index is 0.0362. The third-order valence-corrected chi connectivity index (χ3v) is 4.94. The molecule has 2 heterocycles. The second-order valence-electron chi connectivity index (χ2n) is 5.56. The highest BCUT2D eigenvalue weighted by Crippen LogP contribution is 2.33. The first-order valence-corrected chi connectivity index (χ1v) is 9.08. The van der Waals surface area contributed by atoms with Gasteiger partial charge in [-0.05, 0) is 18.6 Å². The molecule has 1 N–H and O–H groups in total. The Kier molecular flexibility index (Phi) is 4.00. The lowest BCUT2D eigenvalue weighted by Gasteiger charge is -2.13. The van der Waals surface area contributed by atoms with Gasteiger partial charge in [-0.3, -0.25) is 4.98 Å². The molecular formula is C17H13FN2O4S. The molecule has 25 heavy (non-hydrogen) atoms. The maximum atomic E-state index is 13.5. The summed E-state index contributed by atoms with van der Waals surface area (Å²) in [5, 5.41) is 9.62. The van der Waals surface area contributed by atoms with E-state index in [1.165, 1.54) is 25.1 Å². The van der Waals surface area contributed by atoms with Gasteiger partial charge in [-0.25, -0.2) is 22.6 Å². The number of sulfone groups is 1. The lowest BCUT2D eigenvalue weighted by Crippen LogP contribution is -2.09. The number of nitrogens with zero attached hydrogens (tertiary/aromatic N) is 2. The molecular weight excluding hydrogens is 347 g/mol. The van der Waals surface area contributed by atoms with Crippen LogP contribution in [0.25, 0.3) is 22.3 Å². The molecule has 0 unspecified atom stereocenters. The van der Waals surface area contributed by atoms with Crippen molar-refractivity contribution >= 4 is 26.8 Å². The van der Waals surface area contributed by atoms with Crippen molar-refractivity contribution in [2.24, 2.45) is 0 Å². The average molecular weight is 360 g/mol. The Morgan fingerprint density at radius 3 is 2.56 bits per heavy atom. The van der Waals surface area contributed by atoms with E-state index in [1.54, 1.807) is 6.07 Å². The van der Waals surface area contributed by atoms with E-state index in [-0.39, 0.29) is 38.3 Å². The lowest BCUT2D eigenvalue weighted by atomic mass is 10.00. The van der Waals surface area contributed by atoms with Crippen LogP contribution >= 0.6 is 0 Å². The summed E-state index contributed by atoms with van der Waals surface area (Å²) in [5.74, 6) is -1.89. The number of aryl methyl sites for hydroxylation is 1. The first kappa shape index (κ1) is 17.0. The molecule has 3 rings (SSSR count). The third kappa shape index (κ3) is 2.96. The lowest BCUT2D eigenvalue weighted by molar-refractivity contribution is 0.0696. The highest BCUT2D eigenvalue weighted by molar-refractivity contribution is 7.90. The Labute approximate surface area is 142 Å². The monoisotopic (exact) mass is 360 g/mol. The number of carboxylic acids is 1. The fourth-order valence-electron chi connectivity index (χ4n) is 2.72. The Morgan fingerprint density at radius 2 is 1.92 bits per heavy atom. The molecule has 0 amide bonds. The number of benzene rings is 1. The van der Waals surface area contributed by atoms with E-state index in [0.29, 0.717) is 0 Å². The zero-order valence-electron chi connectivity index (χ0n) is 13.3. The first-order chi connectivity index (χ1) is 11.7. The number of halogens is 1. The van der Waals surface area contributed by atoms with E-state index in [1.807, 2.05) is 0 Å². The zero-order valence-corrected chi connectivity index (χ0v) is 14.1. The van der Waals surface area contributed by atoms with E-state index in [0.717, 1.165) is 18.5 Å². The SMILES string of the molecule is Cc1c(C(=O)O)c(-c2ccccc2S(C)(=O)=O)nc2cc(F)cnc12. The van der Waals surface area contributed by atoms with E-state index in [2.05, 4.69) is 9.97 Å². The molecule has 2 aromatic heterocycles. The van der Waals surface area contributed by atoms with Gasteiger partial charge >= 0.3 is 5.97 Å². The van der Waals surface area contributed by atoms with Crippen molar-refractivity contribution in [3.63, 3.8) is 0 Å². The smallest absolute Gasteiger partial charge is 0.338 e. The van der Waals surface area contributed by atoms with Gasteiger partial charge in [0.1, 0.15) is 5.82 Å². The molecule has 6 nitrogen and oxygen atoms in total. The summed E-state index contributed by atoms with van der Waals surface area (Å²) in [4.78, 5) is 19.9. The summed E-state index contributed by atoms with van der Waals surface area (Å²) >= 11 is 0. The molecule has 0 saturated carbocycles. The minimum atomic E-state index is -3.62. The van der Waals surface area contributed by atoms with Gasteiger partial charge in [0, 0.05) is 17.9 Å². The number of hydrogen-bond acceptors (Lipinski definition) is 5. The molecule has 0 aliphatic carbocycles. The summed E-state index contributed by atoms with van der Waals surface area (Å²) in [6, 6.07) is 7.11. The van der Waals surface area contributed by atoms with Crippen LogP contribution in [0.3, 0.4) is 0 Å². The normalized spacial score (nSPS) is 11.6. The maximum Gasteiger partial charge on any atom is 0.338 e. The zero-order chi connectivity index (χ0) is 18.4. The van der Waals surface area contributed by atoms with Crippen LogP contribution in [0, 0.1) is 12.7 Å².